The van der Waals surface area contributed by atoms with E-state index in [9.17, 15) is 9.59 Å². The zero-order chi connectivity index (χ0) is 14.3. The third-order valence-electron chi connectivity index (χ3n) is 2.19. The average Bonchev–Trinajstić information content (AvgIpc) is 2.40. The van der Waals surface area contributed by atoms with Crippen molar-refractivity contribution in [3.63, 3.8) is 0 Å². The van der Waals surface area contributed by atoms with Gasteiger partial charge in [-0.3, -0.25) is 4.79 Å². The number of benzene rings is 2. The van der Waals surface area contributed by atoms with Gasteiger partial charge in [0.25, 0.3) is 0 Å². The van der Waals surface area contributed by atoms with Gasteiger partial charge >= 0.3 is 5.97 Å². The summed E-state index contributed by atoms with van der Waals surface area (Å²) >= 11 is 0. The number of phenols is 1. The predicted octanol–water partition coefficient (Wildman–Crippen LogP) is 2.17. The number of aromatic hydroxyl groups is 1. The second-order valence-electron chi connectivity index (χ2n) is 3.61. The lowest BCUT2D eigenvalue weighted by Crippen LogP contribution is -1.97. The molecule has 0 fully saturated rings. The molecule has 0 aromatic heterocycles. The monoisotopic (exact) mass is 259 g/mol. The molecule has 0 heterocycles. The molecule has 5 heteroatoms. The number of aldehydes is 1. The first-order chi connectivity index (χ1) is 9.04. The van der Waals surface area contributed by atoms with E-state index in [1.807, 2.05) is 18.2 Å². The number of carbonyl (C=O) groups is 2. The van der Waals surface area contributed by atoms with Crippen LogP contribution in [0.2, 0.25) is 0 Å². The van der Waals surface area contributed by atoms with Crippen LogP contribution in [0.15, 0.2) is 48.5 Å². The SMILES string of the molecule is Nc1ccc(C(=O)O)c(O)c1.O=Cc1ccccc1. The molecule has 98 valence electrons. The van der Waals surface area contributed by atoms with Gasteiger partial charge in [-0.05, 0) is 12.1 Å². The zero-order valence-electron chi connectivity index (χ0n) is 9.98. The van der Waals surface area contributed by atoms with Gasteiger partial charge in [0.05, 0.1) is 0 Å². The van der Waals surface area contributed by atoms with Crippen molar-refractivity contribution < 1.29 is 19.8 Å². The van der Waals surface area contributed by atoms with Crippen LogP contribution < -0.4 is 5.73 Å². The smallest absolute Gasteiger partial charge is 0.339 e. The van der Waals surface area contributed by atoms with Gasteiger partial charge in [-0.1, -0.05) is 30.3 Å². The van der Waals surface area contributed by atoms with Gasteiger partial charge in [-0.25, -0.2) is 4.79 Å². The van der Waals surface area contributed by atoms with Crippen molar-refractivity contribution in [1.82, 2.24) is 0 Å². The molecule has 0 aliphatic carbocycles. The van der Waals surface area contributed by atoms with Crippen LogP contribution >= 0.6 is 0 Å². The molecule has 0 saturated carbocycles. The molecule has 0 aliphatic heterocycles. The summed E-state index contributed by atoms with van der Waals surface area (Å²) in [4.78, 5) is 20.3. The lowest BCUT2D eigenvalue weighted by molar-refractivity contribution is 0.0693. The minimum absolute atomic E-state index is 0.140. The fourth-order valence-corrected chi connectivity index (χ4v) is 1.26. The molecule has 0 bridgehead atoms. The molecule has 4 N–H and O–H groups in total. The minimum atomic E-state index is -1.16. The highest BCUT2D eigenvalue weighted by atomic mass is 16.4. The number of anilines is 1. The summed E-state index contributed by atoms with van der Waals surface area (Å²) in [6.45, 7) is 0. The molecule has 5 nitrogen and oxygen atoms in total. The Hall–Kier alpha value is -2.82. The Labute approximate surface area is 109 Å². The molecule has 19 heavy (non-hydrogen) atoms. The van der Waals surface area contributed by atoms with E-state index in [4.69, 9.17) is 15.9 Å². The maximum absolute atomic E-state index is 10.3. The largest absolute Gasteiger partial charge is 0.507 e. The first kappa shape index (κ1) is 14.2. The quantitative estimate of drug-likeness (QED) is 0.566. The summed E-state index contributed by atoms with van der Waals surface area (Å²) in [6, 6.07) is 13.0. The summed E-state index contributed by atoms with van der Waals surface area (Å²) in [7, 11) is 0. The molecule has 2 rings (SSSR count). The highest BCUT2D eigenvalue weighted by molar-refractivity contribution is 5.91. The molecule has 0 aliphatic rings. The van der Waals surface area contributed by atoms with Crippen LogP contribution in [0.25, 0.3) is 0 Å². The Balaban J connectivity index is 0.000000200. The van der Waals surface area contributed by atoms with Crippen molar-refractivity contribution in [3.05, 3.63) is 59.7 Å². The molecule has 0 amide bonds. The van der Waals surface area contributed by atoms with E-state index >= 15 is 0 Å². The molecule has 0 radical (unpaired) electrons. The highest BCUT2D eigenvalue weighted by Crippen LogP contribution is 2.19. The third-order valence-corrected chi connectivity index (χ3v) is 2.19. The standard InChI is InChI=1S/C7H7NO3.C7H6O/c8-4-1-2-5(7(10)11)6(9)3-4;8-6-7-4-2-1-3-5-7/h1-3,9H,8H2,(H,10,11);1-6H. The van der Waals surface area contributed by atoms with Crippen LogP contribution in [-0.4, -0.2) is 22.5 Å². The van der Waals surface area contributed by atoms with Gasteiger partial charge in [0.2, 0.25) is 0 Å². The number of hydrogen-bond donors (Lipinski definition) is 3. The van der Waals surface area contributed by atoms with Gasteiger partial charge < -0.3 is 15.9 Å². The maximum atomic E-state index is 10.3. The van der Waals surface area contributed by atoms with Crippen molar-refractivity contribution in [3.8, 4) is 5.75 Å². The van der Waals surface area contributed by atoms with Gasteiger partial charge in [0, 0.05) is 17.3 Å². The number of carboxylic acids is 1. The van der Waals surface area contributed by atoms with Crippen LogP contribution in [0.3, 0.4) is 0 Å². The molecule has 0 spiro atoms. The highest BCUT2D eigenvalue weighted by Gasteiger charge is 2.07. The number of carboxylic acid groups (broad SMARTS) is 1. The van der Waals surface area contributed by atoms with Gasteiger partial charge in [-0.15, -0.1) is 0 Å². The van der Waals surface area contributed by atoms with Crippen LogP contribution in [0.1, 0.15) is 20.7 Å². The Morgan fingerprint density at radius 2 is 1.74 bits per heavy atom. The molecular weight excluding hydrogens is 246 g/mol. The number of hydrogen-bond acceptors (Lipinski definition) is 4. The van der Waals surface area contributed by atoms with Crippen LogP contribution in [0.4, 0.5) is 5.69 Å². The van der Waals surface area contributed by atoms with Crippen molar-refractivity contribution in [1.29, 1.82) is 0 Å². The fraction of sp³-hybridized carbons (Fsp3) is 0. The Morgan fingerprint density at radius 1 is 1.11 bits per heavy atom. The van der Waals surface area contributed by atoms with E-state index < -0.39 is 5.97 Å². The average molecular weight is 259 g/mol. The van der Waals surface area contributed by atoms with E-state index in [2.05, 4.69) is 0 Å². The number of carbonyl (C=O) groups excluding carboxylic acids is 1. The summed E-state index contributed by atoms with van der Waals surface area (Å²) < 4.78 is 0. The molecule has 0 atom stereocenters. The van der Waals surface area contributed by atoms with E-state index in [1.54, 1.807) is 12.1 Å². The van der Waals surface area contributed by atoms with Crippen molar-refractivity contribution in [2.75, 3.05) is 5.73 Å². The molecule has 0 unspecified atom stereocenters. The first-order valence-corrected chi connectivity index (χ1v) is 5.36. The van der Waals surface area contributed by atoms with Gasteiger partial charge in [-0.2, -0.15) is 0 Å². The Bertz CT molecular complexity index is 567. The third kappa shape index (κ3) is 4.51. The Morgan fingerprint density at radius 3 is 2.16 bits per heavy atom. The van der Waals surface area contributed by atoms with Gasteiger partial charge in [0.1, 0.15) is 17.6 Å². The topological polar surface area (TPSA) is 101 Å². The fourth-order valence-electron chi connectivity index (χ4n) is 1.26. The second-order valence-corrected chi connectivity index (χ2v) is 3.61. The predicted molar refractivity (Wildman–Crippen MR) is 71.3 cm³/mol. The van der Waals surface area contributed by atoms with E-state index in [0.717, 1.165) is 11.8 Å². The van der Waals surface area contributed by atoms with Crippen LogP contribution in [0, 0.1) is 0 Å². The zero-order valence-corrected chi connectivity index (χ0v) is 9.98. The molecule has 0 saturated heterocycles. The number of aromatic carboxylic acids is 1. The van der Waals surface area contributed by atoms with E-state index in [-0.39, 0.29) is 11.3 Å². The first-order valence-electron chi connectivity index (χ1n) is 5.36. The lowest BCUT2D eigenvalue weighted by Gasteiger charge is -1.98. The maximum Gasteiger partial charge on any atom is 0.339 e. The summed E-state index contributed by atoms with van der Waals surface area (Å²) in [5.74, 6) is -1.47. The summed E-state index contributed by atoms with van der Waals surface area (Å²) in [5, 5.41) is 17.5. The second kappa shape index (κ2) is 6.80. The molecule has 2 aromatic carbocycles. The van der Waals surface area contributed by atoms with E-state index in [0.29, 0.717) is 5.69 Å². The van der Waals surface area contributed by atoms with Crippen molar-refractivity contribution >= 4 is 17.9 Å². The number of rotatable bonds is 2. The number of nitrogen functional groups attached to an aromatic ring is 1. The van der Waals surface area contributed by atoms with Crippen LogP contribution in [-0.2, 0) is 0 Å². The summed E-state index contributed by atoms with van der Waals surface area (Å²) in [6.07, 6.45) is 0.833. The lowest BCUT2D eigenvalue weighted by atomic mass is 10.2. The minimum Gasteiger partial charge on any atom is -0.507 e. The van der Waals surface area contributed by atoms with Crippen molar-refractivity contribution in [2.24, 2.45) is 0 Å². The van der Waals surface area contributed by atoms with Gasteiger partial charge in [0.15, 0.2) is 0 Å². The molecule has 2 aromatic rings. The molecular formula is C14H13NO4. The Kier molecular flexibility index (Phi) is 5.10. The number of nitrogens with two attached hydrogens (primary N) is 1. The van der Waals surface area contributed by atoms with Crippen LogP contribution in [0.5, 0.6) is 5.75 Å². The normalized spacial score (nSPS) is 9.05. The van der Waals surface area contributed by atoms with E-state index in [1.165, 1.54) is 18.2 Å². The van der Waals surface area contributed by atoms with Crippen molar-refractivity contribution in [2.45, 2.75) is 0 Å². The summed E-state index contributed by atoms with van der Waals surface area (Å²) in [5.41, 5.74) is 6.20.